The van der Waals surface area contributed by atoms with Crippen molar-refractivity contribution >= 4 is 11.8 Å². The normalized spacial score (nSPS) is 13.3. The van der Waals surface area contributed by atoms with Gasteiger partial charge < -0.3 is 20.5 Å². The highest BCUT2D eigenvalue weighted by molar-refractivity contribution is 5.97. The topological polar surface area (TPSA) is 90.7 Å². The SMILES string of the molecule is CCC(C)C(NC(=O)c1ccc(OC)c(OC(F)F)c1)C(N)=O. The first kappa shape index (κ1) is 18.7. The van der Waals surface area contributed by atoms with Gasteiger partial charge in [-0.1, -0.05) is 20.3 Å². The molecule has 1 aromatic rings. The van der Waals surface area contributed by atoms with Crippen molar-refractivity contribution < 1.29 is 27.8 Å². The number of amides is 2. The number of hydrogen-bond acceptors (Lipinski definition) is 4. The van der Waals surface area contributed by atoms with Crippen LogP contribution in [0.25, 0.3) is 0 Å². The Morgan fingerprint density at radius 3 is 2.43 bits per heavy atom. The molecule has 1 rings (SSSR count). The standard InChI is InChI=1S/C15H20F2N2O4/c1-4-8(2)12(13(18)20)19-14(21)9-5-6-10(22-3)11(7-9)23-15(16)17/h5-8,12,15H,4H2,1-3H3,(H2,18,20)(H,19,21). The fourth-order valence-corrected chi connectivity index (χ4v) is 1.96. The minimum absolute atomic E-state index is 0.0519. The quantitative estimate of drug-likeness (QED) is 0.762. The summed E-state index contributed by atoms with van der Waals surface area (Å²) in [6.07, 6.45) is 0.635. The number of carbonyl (C=O) groups excluding carboxylic acids is 2. The number of hydrogen-bond donors (Lipinski definition) is 2. The molecule has 0 fully saturated rings. The summed E-state index contributed by atoms with van der Waals surface area (Å²) in [6, 6.07) is 2.97. The maximum atomic E-state index is 12.4. The van der Waals surface area contributed by atoms with Gasteiger partial charge in [0.15, 0.2) is 11.5 Å². The van der Waals surface area contributed by atoms with E-state index in [4.69, 9.17) is 10.5 Å². The van der Waals surface area contributed by atoms with E-state index >= 15 is 0 Å². The van der Waals surface area contributed by atoms with Crippen LogP contribution in [0, 0.1) is 5.92 Å². The fraction of sp³-hybridized carbons (Fsp3) is 0.467. The highest BCUT2D eigenvalue weighted by Crippen LogP contribution is 2.29. The number of primary amides is 1. The van der Waals surface area contributed by atoms with E-state index in [1.54, 1.807) is 6.92 Å². The van der Waals surface area contributed by atoms with Gasteiger partial charge in [-0.05, 0) is 24.1 Å². The molecule has 0 heterocycles. The summed E-state index contributed by atoms with van der Waals surface area (Å²) >= 11 is 0. The maximum Gasteiger partial charge on any atom is 0.387 e. The molecule has 0 aromatic heterocycles. The number of benzene rings is 1. The summed E-state index contributed by atoms with van der Waals surface area (Å²) in [4.78, 5) is 23.7. The Morgan fingerprint density at radius 1 is 1.30 bits per heavy atom. The van der Waals surface area contributed by atoms with E-state index in [2.05, 4.69) is 10.1 Å². The second-order valence-corrected chi connectivity index (χ2v) is 4.98. The van der Waals surface area contributed by atoms with Crippen LogP contribution < -0.4 is 20.5 Å². The summed E-state index contributed by atoms with van der Waals surface area (Å²) in [6.45, 7) is 0.574. The van der Waals surface area contributed by atoms with E-state index in [0.29, 0.717) is 6.42 Å². The van der Waals surface area contributed by atoms with Crippen molar-refractivity contribution in [1.82, 2.24) is 5.32 Å². The van der Waals surface area contributed by atoms with Crippen LogP contribution in [-0.4, -0.2) is 31.6 Å². The Hall–Kier alpha value is -2.38. The van der Waals surface area contributed by atoms with E-state index in [1.807, 2.05) is 6.92 Å². The molecule has 3 N–H and O–H groups in total. The molecule has 23 heavy (non-hydrogen) atoms. The van der Waals surface area contributed by atoms with Gasteiger partial charge in [0.1, 0.15) is 6.04 Å². The molecule has 8 heteroatoms. The van der Waals surface area contributed by atoms with Gasteiger partial charge in [-0.25, -0.2) is 0 Å². The number of alkyl halides is 2. The highest BCUT2D eigenvalue weighted by atomic mass is 19.3. The van der Waals surface area contributed by atoms with Gasteiger partial charge in [-0.3, -0.25) is 9.59 Å². The number of nitrogens with two attached hydrogens (primary N) is 1. The molecule has 2 unspecified atom stereocenters. The molecule has 2 atom stereocenters. The lowest BCUT2D eigenvalue weighted by Crippen LogP contribution is -2.48. The number of methoxy groups -OCH3 is 1. The first-order valence-electron chi connectivity index (χ1n) is 7.03. The van der Waals surface area contributed by atoms with E-state index in [-0.39, 0.29) is 23.0 Å². The number of ether oxygens (including phenoxy) is 2. The zero-order valence-corrected chi connectivity index (χ0v) is 13.1. The first-order valence-corrected chi connectivity index (χ1v) is 7.03. The van der Waals surface area contributed by atoms with Crippen molar-refractivity contribution in [2.45, 2.75) is 32.9 Å². The molecule has 0 aliphatic carbocycles. The van der Waals surface area contributed by atoms with E-state index in [0.717, 1.165) is 6.07 Å². The average Bonchev–Trinajstić information content (AvgIpc) is 2.50. The van der Waals surface area contributed by atoms with Gasteiger partial charge in [0.2, 0.25) is 5.91 Å². The van der Waals surface area contributed by atoms with Crippen LogP contribution in [-0.2, 0) is 4.79 Å². The summed E-state index contributed by atoms with van der Waals surface area (Å²) in [5.41, 5.74) is 5.34. The van der Waals surface area contributed by atoms with Crippen molar-refractivity contribution in [3.8, 4) is 11.5 Å². The molecule has 0 bridgehead atoms. The highest BCUT2D eigenvalue weighted by Gasteiger charge is 2.24. The Bertz CT molecular complexity index is 566. The zero-order chi connectivity index (χ0) is 17.6. The minimum atomic E-state index is -3.05. The summed E-state index contributed by atoms with van der Waals surface area (Å²) in [5, 5.41) is 2.50. The summed E-state index contributed by atoms with van der Waals surface area (Å²) < 4.78 is 34.0. The number of nitrogens with one attached hydrogen (secondary N) is 1. The fourth-order valence-electron chi connectivity index (χ4n) is 1.96. The zero-order valence-electron chi connectivity index (χ0n) is 13.1. The Balaban J connectivity index is 3.01. The van der Waals surface area contributed by atoms with Crippen molar-refractivity contribution in [3.63, 3.8) is 0 Å². The molecule has 6 nitrogen and oxygen atoms in total. The van der Waals surface area contributed by atoms with Crippen LogP contribution >= 0.6 is 0 Å². The predicted molar refractivity (Wildman–Crippen MR) is 79.5 cm³/mol. The molecular formula is C15H20F2N2O4. The molecule has 0 saturated carbocycles. The summed E-state index contributed by atoms with van der Waals surface area (Å²) in [7, 11) is 1.29. The third-order valence-electron chi connectivity index (χ3n) is 3.45. The van der Waals surface area contributed by atoms with Crippen LogP contribution in [0.4, 0.5) is 8.78 Å². The van der Waals surface area contributed by atoms with Crippen molar-refractivity contribution in [2.24, 2.45) is 11.7 Å². The Labute approximate surface area is 132 Å². The van der Waals surface area contributed by atoms with E-state index in [9.17, 15) is 18.4 Å². The molecule has 2 amide bonds. The molecular weight excluding hydrogens is 310 g/mol. The van der Waals surface area contributed by atoms with Crippen molar-refractivity contribution in [3.05, 3.63) is 23.8 Å². The molecule has 0 aliphatic heterocycles. The molecule has 1 aromatic carbocycles. The van der Waals surface area contributed by atoms with Crippen LogP contribution in [0.15, 0.2) is 18.2 Å². The third-order valence-corrected chi connectivity index (χ3v) is 3.45. The largest absolute Gasteiger partial charge is 0.493 e. The van der Waals surface area contributed by atoms with E-state index < -0.39 is 24.5 Å². The van der Waals surface area contributed by atoms with Crippen molar-refractivity contribution in [1.29, 1.82) is 0 Å². The van der Waals surface area contributed by atoms with E-state index in [1.165, 1.54) is 19.2 Å². The molecule has 0 radical (unpaired) electrons. The van der Waals surface area contributed by atoms with Gasteiger partial charge in [0.05, 0.1) is 7.11 Å². The number of carbonyl (C=O) groups is 2. The van der Waals surface area contributed by atoms with Gasteiger partial charge in [-0.2, -0.15) is 8.78 Å². The van der Waals surface area contributed by atoms with Gasteiger partial charge in [0.25, 0.3) is 5.91 Å². The van der Waals surface area contributed by atoms with Crippen LogP contribution in [0.1, 0.15) is 30.6 Å². The third kappa shape index (κ3) is 5.08. The monoisotopic (exact) mass is 330 g/mol. The second kappa shape index (κ2) is 8.30. The lowest BCUT2D eigenvalue weighted by molar-refractivity contribution is -0.120. The van der Waals surface area contributed by atoms with Crippen LogP contribution in [0.2, 0.25) is 0 Å². The van der Waals surface area contributed by atoms with Crippen LogP contribution in [0.3, 0.4) is 0 Å². The lowest BCUT2D eigenvalue weighted by atomic mass is 9.98. The number of rotatable bonds is 8. The van der Waals surface area contributed by atoms with Gasteiger partial charge in [0, 0.05) is 5.56 Å². The van der Waals surface area contributed by atoms with Gasteiger partial charge in [-0.15, -0.1) is 0 Å². The first-order chi connectivity index (χ1) is 10.8. The number of halogens is 2. The molecule has 0 aliphatic rings. The smallest absolute Gasteiger partial charge is 0.387 e. The molecule has 0 saturated heterocycles. The molecule has 128 valence electrons. The summed E-state index contributed by atoms with van der Waals surface area (Å²) in [5.74, 6) is -1.64. The van der Waals surface area contributed by atoms with Crippen LogP contribution in [0.5, 0.6) is 11.5 Å². The Morgan fingerprint density at radius 2 is 1.96 bits per heavy atom. The second-order valence-electron chi connectivity index (χ2n) is 4.98. The minimum Gasteiger partial charge on any atom is -0.493 e. The van der Waals surface area contributed by atoms with Gasteiger partial charge >= 0.3 is 6.61 Å². The Kier molecular flexibility index (Phi) is 6.74. The predicted octanol–water partition coefficient (Wildman–Crippen LogP) is 1.93. The molecule has 0 spiro atoms. The lowest BCUT2D eigenvalue weighted by Gasteiger charge is -2.21. The maximum absolute atomic E-state index is 12.4. The van der Waals surface area contributed by atoms with Crippen molar-refractivity contribution in [2.75, 3.05) is 7.11 Å². The average molecular weight is 330 g/mol.